The summed E-state index contributed by atoms with van der Waals surface area (Å²) >= 11 is 0. The Hall–Kier alpha value is -3.14. The monoisotopic (exact) mass is 394 g/mol. The molecule has 0 unspecified atom stereocenters. The first kappa shape index (κ1) is 20.6. The lowest BCUT2D eigenvalue weighted by Crippen LogP contribution is -2.49. The lowest BCUT2D eigenvalue weighted by Gasteiger charge is -2.38. The molecule has 7 nitrogen and oxygen atoms in total. The molecule has 0 N–H and O–H groups in total. The van der Waals surface area contributed by atoms with Crippen LogP contribution >= 0.6 is 0 Å². The Labute approximate surface area is 171 Å². The average Bonchev–Trinajstić information content (AvgIpc) is 2.74. The summed E-state index contributed by atoms with van der Waals surface area (Å²) in [6.45, 7) is 6.83. The van der Waals surface area contributed by atoms with Crippen molar-refractivity contribution in [3.8, 4) is 17.8 Å². The van der Waals surface area contributed by atoms with Gasteiger partial charge in [0.05, 0.1) is 24.8 Å². The van der Waals surface area contributed by atoms with E-state index >= 15 is 0 Å². The molecule has 0 radical (unpaired) electrons. The summed E-state index contributed by atoms with van der Waals surface area (Å²) in [6, 6.07) is 7.39. The van der Waals surface area contributed by atoms with Crippen LogP contribution in [0.4, 0.5) is 0 Å². The number of likely N-dealkylation sites (tertiary alicyclic amines) is 1. The normalized spacial score (nSPS) is 18.8. The van der Waals surface area contributed by atoms with Gasteiger partial charge in [0.2, 0.25) is 11.8 Å². The number of rotatable bonds is 6. The molecule has 1 saturated heterocycles. The molecule has 3 heterocycles. The fourth-order valence-electron chi connectivity index (χ4n) is 3.39. The van der Waals surface area contributed by atoms with Crippen LogP contribution in [-0.4, -0.2) is 46.1 Å². The molecule has 1 aliphatic heterocycles. The topological polar surface area (TPSA) is 88.3 Å². The number of ether oxygens (including phenoxy) is 2. The van der Waals surface area contributed by atoms with Gasteiger partial charge in [-0.05, 0) is 51.3 Å². The number of nitriles is 1. The fraction of sp³-hybridized carbons (Fsp3) is 0.455. The highest BCUT2D eigenvalue weighted by atomic mass is 16.5. The van der Waals surface area contributed by atoms with Crippen LogP contribution in [0.2, 0.25) is 0 Å². The largest absolute Gasteiger partial charge is 0.477 e. The van der Waals surface area contributed by atoms with Gasteiger partial charge in [0.25, 0.3) is 5.91 Å². The molecule has 2 atom stereocenters. The van der Waals surface area contributed by atoms with E-state index < -0.39 is 0 Å². The molecule has 29 heavy (non-hydrogen) atoms. The number of amides is 1. The number of pyridine rings is 2. The van der Waals surface area contributed by atoms with Crippen molar-refractivity contribution in [3.05, 3.63) is 47.3 Å². The predicted molar refractivity (Wildman–Crippen MR) is 108 cm³/mol. The van der Waals surface area contributed by atoms with Gasteiger partial charge in [-0.25, -0.2) is 9.97 Å². The van der Waals surface area contributed by atoms with Crippen LogP contribution in [0.25, 0.3) is 0 Å². The van der Waals surface area contributed by atoms with Gasteiger partial charge in [-0.15, -0.1) is 0 Å². The van der Waals surface area contributed by atoms with Crippen LogP contribution in [0.5, 0.6) is 11.8 Å². The summed E-state index contributed by atoms with van der Waals surface area (Å²) in [7, 11) is 0. The van der Waals surface area contributed by atoms with Crippen LogP contribution in [-0.2, 0) is 0 Å². The minimum absolute atomic E-state index is 0.0843. The maximum Gasteiger partial charge on any atom is 0.259 e. The lowest BCUT2D eigenvalue weighted by molar-refractivity contribution is 0.0367. The van der Waals surface area contributed by atoms with E-state index in [-0.39, 0.29) is 18.1 Å². The smallest absolute Gasteiger partial charge is 0.259 e. The second kappa shape index (κ2) is 9.37. The zero-order valence-corrected chi connectivity index (χ0v) is 17.1. The third-order valence-electron chi connectivity index (χ3n) is 5.10. The second-order valence-electron chi connectivity index (χ2n) is 7.23. The Kier molecular flexibility index (Phi) is 6.65. The molecule has 7 heteroatoms. The Morgan fingerprint density at radius 2 is 2.07 bits per heavy atom. The number of hydrogen-bond acceptors (Lipinski definition) is 6. The maximum absolute atomic E-state index is 13.3. The summed E-state index contributed by atoms with van der Waals surface area (Å²) in [5.74, 6) is 0.707. The Bertz CT molecular complexity index is 909. The molecular formula is C22H26N4O3. The predicted octanol–water partition coefficient (Wildman–Crippen LogP) is 3.52. The van der Waals surface area contributed by atoms with Crippen LogP contribution in [0, 0.1) is 18.3 Å². The number of carbonyl (C=O) groups is 1. The number of carbonyl (C=O) groups excluding carboxylic acids is 1. The van der Waals surface area contributed by atoms with Crippen molar-refractivity contribution in [2.45, 2.75) is 52.2 Å². The van der Waals surface area contributed by atoms with Gasteiger partial charge in [-0.2, -0.15) is 5.26 Å². The highest BCUT2D eigenvalue weighted by Crippen LogP contribution is 2.27. The number of aromatic nitrogens is 2. The van der Waals surface area contributed by atoms with E-state index in [2.05, 4.69) is 16.0 Å². The molecule has 2 aromatic rings. The molecule has 1 amide bonds. The Morgan fingerprint density at radius 3 is 2.83 bits per heavy atom. The van der Waals surface area contributed by atoms with Gasteiger partial charge in [0.1, 0.15) is 11.7 Å². The van der Waals surface area contributed by atoms with Crippen molar-refractivity contribution in [3.63, 3.8) is 0 Å². The minimum Gasteiger partial charge on any atom is -0.477 e. The average molecular weight is 394 g/mol. The Balaban J connectivity index is 1.77. The van der Waals surface area contributed by atoms with Gasteiger partial charge >= 0.3 is 0 Å². The van der Waals surface area contributed by atoms with Crippen molar-refractivity contribution in [2.75, 3.05) is 13.2 Å². The molecule has 0 aromatic carbocycles. The highest BCUT2D eigenvalue weighted by molar-refractivity contribution is 5.96. The van der Waals surface area contributed by atoms with Crippen molar-refractivity contribution < 1.29 is 14.3 Å². The summed E-state index contributed by atoms with van der Waals surface area (Å²) < 4.78 is 11.8. The molecule has 3 rings (SSSR count). The molecular weight excluding hydrogens is 368 g/mol. The van der Waals surface area contributed by atoms with Crippen molar-refractivity contribution >= 4 is 5.91 Å². The van der Waals surface area contributed by atoms with E-state index in [4.69, 9.17) is 9.47 Å². The van der Waals surface area contributed by atoms with Crippen LogP contribution in [0.15, 0.2) is 30.6 Å². The summed E-state index contributed by atoms with van der Waals surface area (Å²) in [4.78, 5) is 23.6. The SMILES string of the molecule is CCCOc1ncccc1C(=O)N1C[C@H](Oc2nccc(C#N)c2C)CC[C@H]1C. The molecule has 0 aliphatic carbocycles. The zero-order valence-electron chi connectivity index (χ0n) is 17.1. The summed E-state index contributed by atoms with van der Waals surface area (Å²) in [5, 5.41) is 9.21. The molecule has 152 valence electrons. The third-order valence-corrected chi connectivity index (χ3v) is 5.10. The maximum atomic E-state index is 13.3. The third kappa shape index (κ3) is 4.65. The number of hydrogen-bond donors (Lipinski definition) is 0. The standard InChI is InChI=1S/C22H26N4O3/c1-4-12-28-21-19(6-5-10-24-21)22(27)26-14-18(8-7-15(26)2)29-20-16(3)17(13-23)9-11-25-20/h5-6,9-11,15,18H,4,7-8,12,14H2,1-3H3/t15-,18-/m1/s1. The molecule has 0 saturated carbocycles. The summed E-state index contributed by atoms with van der Waals surface area (Å²) in [5.41, 5.74) is 1.73. The first-order valence-corrected chi connectivity index (χ1v) is 9.96. The molecule has 0 spiro atoms. The summed E-state index contributed by atoms with van der Waals surface area (Å²) in [6.07, 6.45) is 5.49. The van der Waals surface area contributed by atoms with Crippen LogP contribution in [0.1, 0.15) is 54.6 Å². The van der Waals surface area contributed by atoms with Crippen LogP contribution < -0.4 is 9.47 Å². The van der Waals surface area contributed by atoms with E-state index in [1.54, 1.807) is 30.6 Å². The molecule has 2 aromatic heterocycles. The Morgan fingerprint density at radius 1 is 1.28 bits per heavy atom. The molecule has 0 bridgehead atoms. The van der Waals surface area contributed by atoms with E-state index in [1.807, 2.05) is 25.7 Å². The van der Waals surface area contributed by atoms with Crippen LogP contribution in [0.3, 0.4) is 0 Å². The highest BCUT2D eigenvalue weighted by Gasteiger charge is 2.32. The van der Waals surface area contributed by atoms with E-state index in [0.29, 0.717) is 41.6 Å². The van der Waals surface area contributed by atoms with Crippen molar-refractivity contribution in [1.29, 1.82) is 5.26 Å². The van der Waals surface area contributed by atoms with Gasteiger partial charge in [-0.1, -0.05) is 6.92 Å². The number of piperidine rings is 1. The van der Waals surface area contributed by atoms with Crippen molar-refractivity contribution in [1.82, 2.24) is 14.9 Å². The van der Waals surface area contributed by atoms with Crippen molar-refractivity contribution in [2.24, 2.45) is 0 Å². The second-order valence-corrected chi connectivity index (χ2v) is 7.23. The quantitative estimate of drug-likeness (QED) is 0.745. The molecule has 1 fully saturated rings. The first-order valence-electron chi connectivity index (χ1n) is 9.96. The van der Waals surface area contributed by atoms with E-state index in [1.165, 1.54) is 0 Å². The zero-order chi connectivity index (χ0) is 20.8. The fourth-order valence-corrected chi connectivity index (χ4v) is 3.39. The van der Waals surface area contributed by atoms with E-state index in [9.17, 15) is 10.1 Å². The molecule has 1 aliphatic rings. The first-order chi connectivity index (χ1) is 14.0. The van der Waals surface area contributed by atoms with E-state index in [0.717, 1.165) is 19.3 Å². The van der Waals surface area contributed by atoms with Gasteiger partial charge in [-0.3, -0.25) is 4.79 Å². The number of nitrogens with zero attached hydrogens (tertiary/aromatic N) is 4. The van der Waals surface area contributed by atoms with Gasteiger partial charge in [0.15, 0.2) is 0 Å². The van der Waals surface area contributed by atoms with Gasteiger partial charge in [0, 0.05) is 24.0 Å². The van der Waals surface area contributed by atoms with Gasteiger partial charge < -0.3 is 14.4 Å². The lowest BCUT2D eigenvalue weighted by atomic mass is 10.00. The minimum atomic E-state index is -0.188.